The van der Waals surface area contributed by atoms with Crippen LogP contribution in [-0.2, 0) is 19.7 Å². The Labute approximate surface area is 199 Å². The van der Waals surface area contributed by atoms with E-state index in [1.165, 1.54) is 18.1 Å². The minimum absolute atomic E-state index is 0.0276. The van der Waals surface area contributed by atoms with Gasteiger partial charge in [0, 0.05) is 19.2 Å². The average Bonchev–Trinajstić information content (AvgIpc) is 3.03. The first-order chi connectivity index (χ1) is 15.6. The highest BCUT2D eigenvalue weighted by molar-refractivity contribution is 6.46. The number of ketones is 1. The number of rotatable bonds is 7. The average molecular weight is 472 g/mol. The van der Waals surface area contributed by atoms with Crippen LogP contribution in [0.15, 0.2) is 48.0 Å². The van der Waals surface area contributed by atoms with Crippen molar-refractivity contribution in [2.75, 3.05) is 26.9 Å². The Kier molecular flexibility index (Phi) is 7.50. The van der Waals surface area contributed by atoms with Crippen LogP contribution in [-0.4, -0.2) is 48.6 Å². The third-order valence-corrected chi connectivity index (χ3v) is 5.97. The quantitative estimate of drug-likeness (QED) is 0.345. The number of aliphatic hydroxyl groups is 1. The molecule has 0 unspecified atom stereocenters. The number of carbonyl (C=O) groups is 2. The maximum atomic E-state index is 13.1. The normalized spacial score (nSPS) is 18.1. The van der Waals surface area contributed by atoms with E-state index in [9.17, 15) is 14.7 Å². The number of hydrogen-bond acceptors (Lipinski definition) is 5. The number of aliphatic hydroxyl groups excluding tert-OH is 1. The second-order valence-electron chi connectivity index (χ2n) is 8.94. The fraction of sp³-hybridized carbons (Fsp3) is 0.385. The second-order valence-corrected chi connectivity index (χ2v) is 9.34. The molecule has 1 heterocycles. The van der Waals surface area contributed by atoms with Crippen LogP contribution >= 0.6 is 11.6 Å². The van der Waals surface area contributed by atoms with Gasteiger partial charge in [0.25, 0.3) is 11.7 Å². The molecule has 0 spiro atoms. The number of ether oxygens (including phenoxy) is 2. The second kappa shape index (κ2) is 9.98. The summed E-state index contributed by atoms with van der Waals surface area (Å²) in [6.07, 6.45) is 0. The van der Waals surface area contributed by atoms with Crippen molar-refractivity contribution in [3.05, 3.63) is 69.8 Å². The van der Waals surface area contributed by atoms with Crippen LogP contribution in [0.2, 0.25) is 5.02 Å². The van der Waals surface area contributed by atoms with Crippen molar-refractivity contribution >= 4 is 29.1 Å². The molecule has 1 aliphatic heterocycles. The summed E-state index contributed by atoms with van der Waals surface area (Å²) in [4.78, 5) is 27.4. The first-order valence-electron chi connectivity index (χ1n) is 10.9. The number of methoxy groups -OCH3 is 1. The highest BCUT2D eigenvalue weighted by Crippen LogP contribution is 2.40. The van der Waals surface area contributed by atoms with E-state index in [1.54, 1.807) is 12.1 Å². The van der Waals surface area contributed by atoms with Crippen molar-refractivity contribution in [2.45, 2.75) is 39.2 Å². The Morgan fingerprint density at radius 2 is 1.79 bits per heavy atom. The summed E-state index contributed by atoms with van der Waals surface area (Å²) in [6, 6.07) is 11.8. The van der Waals surface area contributed by atoms with E-state index < -0.39 is 17.7 Å². The van der Waals surface area contributed by atoms with Crippen LogP contribution in [0.4, 0.5) is 0 Å². The summed E-state index contributed by atoms with van der Waals surface area (Å²) in [5.41, 5.74) is 2.18. The Morgan fingerprint density at radius 1 is 1.12 bits per heavy atom. The van der Waals surface area contributed by atoms with Crippen LogP contribution in [0.3, 0.4) is 0 Å². The number of carbonyl (C=O) groups excluding carboxylic acids is 2. The molecule has 1 aliphatic rings. The maximum absolute atomic E-state index is 13.1. The lowest BCUT2D eigenvalue weighted by molar-refractivity contribution is -0.140. The van der Waals surface area contributed by atoms with Gasteiger partial charge in [-0.25, -0.2) is 0 Å². The Balaban J connectivity index is 2.13. The zero-order valence-electron chi connectivity index (χ0n) is 19.6. The molecule has 7 heteroatoms. The molecule has 1 amide bonds. The fourth-order valence-corrected chi connectivity index (χ4v) is 4.12. The summed E-state index contributed by atoms with van der Waals surface area (Å²) in [5, 5.41) is 11.5. The number of hydrogen-bond donors (Lipinski definition) is 1. The van der Waals surface area contributed by atoms with Crippen LogP contribution in [0, 0.1) is 0 Å². The predicted molar refractivity (Wildman–Crippen MR) is 129 cm³/mol. The van der Waals surface area contributed by atoms with Crippen molar-refractivity contribution in [1.29, 1.82) is 0 Å². The van der Waals surface area contributed by atoms with Crippen molar-refractivity contribution in [2.24, 2.45) is 0 Å². The van der Waals surface area contributed by atoms with Crippen molar-refractivity contribution in [3.8, 4) is 5.75 Å². The molecule has 0 radical (unpaired) electrons. The Hall–Kier alpha value is -2.83. The molecule has 1 atom stereocenters. The molecule has 0 bridgehead atoms. The summed E-state index contributed by atoms with van der Waals surface area (Å²) in [7, 11) is 1.53. The highest BCUT2D eigenvalue weighted by atomic mass is 35.5. The predicted octanol–water partition coefficient (Wildman–Crippen LogP) is 5.10. The van der Waals surface area contributed by atoms with Crippen molar-refractivity contribution < 1.29 is 24.2 Å². The lowest BCUT2D eigenvalue weighted by Gasteiger charge is -2.26. The van der Waals surface area contributed by atoms with Gasteiger partial charge < -0.3 is 19.5 Å². The van der Waals surface area contributed by atoms with Gasteiger partial charge >= 0.3 is 0 Å². The molecule has 1 fully saturated rings. The first kappa shape index (κ1) is 24.8. The molecular formula is C26H30ClNO5. The van der Waals surface area contributed by atoms with Crippen LogP contribution in [0.25, 0.3) is 5.76 Å². The zero-order valence-corrected chi connectivity index (χ0v) is 20.4. The van der Waals surface area contributed by atoms with Gasteiger partial charge in [-0.3, -0.25) is 9.59 Å². The summed E-state index contributed by atoms with van der Waals surface area (Å²) in [5.74, 6) is -1.21. The Morgan fingerprint density at radius 3 is 2.33 bits per heavy atom. The molecule has 1 N–H and O–H groups in total. The number of likely N-dealkylation sites (tertiary alicyclic amines) is 1. The molecule has 3 rings (SSSR count). The standard InChI is InChI=1S/C26H30ClNO5/c1-6-33-20-12-9-17(15-19(20)27)23(29)21-22(28(13-14-32-5)25(31)24(21)30)16-7-10-18(11-8-16)26(2,3)4/h7-12,15,22,29H,6,13-14H2,1-5H3/t22-/m0/s1. The molecule has 0 aliphatic carbocycles. The third-order valence-electron chi connectivity index (χ3n) is 5.67. The van der Waals surface area contributed by atoms with Crippen LogP contribution in [0.1, 0.15) is 50.4 Å². The van der Waals surface area contributed by atoms with E-state index in [2.05, 4.69) is 20.8 Å². The van der Waals surface area contributed by atoms with Gasteiger partial charge in [0.05, 0.1) is 29.9 Å². The van der Waals surface area contributed by atoms with E-state index >= 15 is 0 Å². The van der Waals surface area contributed by atoms with Gasteiger partial charge in [-0.1, -0.05) is 56.6 Å². The molecular weight excluding hydrogens is 442 g/mol. The maximum Gasteiger partial charge on any atom is 0.295 e. The topological polar surface area (TPSA) is 76.1 Å². The van der Waals surface area contributed by atoms with Gasteiger partial charge in [-0.2, -0.15) is 0 Å². The zero-order chi connectivity index (χ0) is 24.3. The molecule has 0 saturated carbocycles. The Bertz CT molecular complexity index is 1070. The minimum atomic E-state index is -0.737. The summed E-state index contributed by atoms with van der Waals surface area (Å²) < 4.78 is 10.6. The van der Waals surface area contributed by atoms with Crippen LogP contribution in [0.5, 0.6) is 5.75 Å². The number of halogens is 1. The molecule has 2 aromatic carbocycles. The largest absolute Gasteiger partial charge is 0.507 e. The van der Waals surface area contributed by atoms with Gasteiger partial charge in [-0.05, 0) is 41.7 Å². The van der Waals surface area contributed by atoms with Gasteiger partial charge in [0.15, 0.2) is 0 Å². The summed E-state index contributed by atoms with van der Waals surface area (Å²) >= 11 is 6.30. The molecule has 6 nitrogen and oxygen atoms in total. The minimum Gasteiger partial charge on any atom is -0.507 e. The first-order valence-corrected chi connectivity index (χ1v) is 11.3. The number of amides is 1. The van der Waals surface area contributed by atoms with Crippen molar-refractivity contribution in [1.82, 2.24) is 4.90 Å². The molecule has 2 aromatic rings. The van der Waals surface area contributed by atoms with E-state index in [-0.39, 0.29) is 29.9 Å². The van der Waals surface area contributed by atoms with Crippen LogP contribution < -0.4 is 4.74 Å². The highest BCUT2D eigenvalue weighted by Gasteiger charge is 2.46. The third kappa shape index (κ3) is 5.07. The van der Waals surface area contributed by atoms with E-state index in [0.717, 1.165) is 11.1 Å². The SMILES string of the molecule is CCOc1ccc(C(O)=C2C(=O)C(=O)N(CCOC)[C@H]2c2ccc(C(C)(C)C)cc2)cc1Cl. The lowest BCUT2D eigenvalue weighted by atomic mass is 9.85. The fourth-order valence-electron chi connectivity index (χ4n) is 3.89. The van der Waals surface area contributed by atoms with E-state index in [0.29, 0.717) is 22.9 Å². The van der Waals surface area contributed by atoms with Gasteiger partial charge in [0.2, 0.25) is 0 Å². The lowest BCUT2D eigenvalue weighted by Crippen LogP contribution is -2.32. The van der Waals surface area contributed by atoms with E-state index in [4.69, 9.17) is 21.1 Å². The number of Topliss-reactive ketones (excluding diaryl/α,β-unsaturated/α-hetero) is 1. The number of nitrogens with zero attached hydrogens (tertiary/aromatic N) is 1. The van der Waals surface area contributed by atoms with E-state index in [1.807, 2.05) is 31.2 Å². The molecule has 0 aromatic heterocycles. The number of benzene rings is 2. The van der Waals surface area contributed by atoms with Gasteiger partial charge in [-0.15, -0.1) is 0 Å². The smallest absolute Gasteiger partial charge is 0.295 e. The summed E-state index contributed by atoms with van der Waals surface area (Å²) in [6.45, 7) is 9.11. The molecule has 33 heavy (non-hydrogen) atoms. The molecule has 176 valence electrons. The van der Waals surface area contributed by atoms with Crippen molar-refractivity contribution in [3.63, 3.8) is 0 Å². The monoisotopic (exact) mass is 471 g/mol. The molecule has 1 saturated heterocycles. The van der Waals surface area contributed by atoms with Gasteiger partial charge in [0.1, 0.15) is 11.5 Å².